The van der Waals surface area contributed by atoms with Crippen LogP contribution >= 0.6 is 25.3 Å². The Morgan fingerprint density at radius 1 is 1.14 bits per heavy atom. The average Bonchev–Trinajstić information content (AvgIpc) is 2.25. The third kappa shape index (κ3) is 3.14. The number of hydrogen-bond donors (Lipinski definition) is 2. The second-order valence-corrected chi connectivity index (χ2v) is 3.73. The van der Waals surface area contributed by atoms with Gasteiger partial charge < -0.3 is 4.74 Å². The monoisotopic (exact) mass is 228 g/mol. The van der Waals surface area contributed by atoms with Gasteiger partial charge in [0.2, 0.25) is 0 Å². The first-order valence-electron chi connectivity index (χ1n) is 4.78. The second-order valence-electron chi connectivity index (χ2n) is 3.10. The molecular formula is C11H16OS2. The van der Waals surface area contributed by atoms with Crippen LogP contribution in [0.4, 0.5) is 0 Å². The van der Waals surface area contributed by atoms with Crippen LogP contribution in [0.2, 0.25) is 0 Å². The van der Waals surface area contributed by atoms with Gasteiger partial charge in [0.25, 0.3) is 0 Å². The molecule has 0 radical (unpaired) electrons. The van der Waals surface area contributed by atoms with E-state index in [1.807, 2.05) is 12.1 Å². The minimum Gasteiger partial charge on any atom is -0.494 e. The molecule has 0 saturated heterocycles. The van der Waals surface area contributed by atoms with Gasteiger partial charge in [0.1, 0.15) is 5.75 Å². The van der Waals surface area contributed by atoms with Gasteiger partial charge in [-0.2, -0.15) is 25.3 Å². The summed E-state index contributed by atoms with van der Waals surface area (Å²) in [5.74, 6) is 2.42. The lowest BCUT2D eigenvalue weighted by atomic mass is 10.1. The van der Waals surface area contributed by atoms with Gasteiger partial charge in [-0.25, -0.2) is 0 Å². The summed E-state index contributed by atoms with van der Waals surface area (Å²) in [6, 6.07) is 6.10. The Balaban J connectivity index is 2.79. The van der Waals surface area contributed by atoms with Crippen LogP contribution in [-0.2, 0) is 11.5 Å². The SMILES string of the molecule is CCCOc1ccc(CS)c(CS)c1. The van der Waals surface area contributed by atoms with Crippen molar-refractivity contribution in [2.24, 2.45) is 0 Å². The molecule has 78 valence electrons. The molecule has 0 aliphatic heterocycles. The molecule has 0 aromatic heterocycles. The average molecular weight is 228 g/mol. The van der Waals surface area contributed by atoms with Gasteiger partial charge in [-0.3, -0.25) is 0 Å². The summed E-state index contributed by atoms with van der Waals surface area (Å²) in [6.45, 7) is 2.87. The van der Waals surface area contributed by atoms with Gasteiger partial charge in [-0.1, -0.05) is 13.0 Å². The fourth-order valence-electron chi connectivity index (χ4n) is 1.21. The molecule has 0 amide bonds. The highest BCUT2D eigenvalue weighted by Gasteiger charge is 2.01. The van der Waals surface area contributed by atoms with Gasteiger partial charge in [-0.05, 0) is 29.7 Å². The Hall–Kier alpha value is -0.280. The van der Waals surface area contributed by atoms with Crippen molar-refractivity contribution in [3.05, 3.63) is 29.3 Å². The van der Waals surface area contributed by atoms with Crippen molar-refractivity contribution >= 4 is 25.3 Å². The molecule has 14 heavy (non-hydrogen) atoms. The molecule has 1 nitrogen and oxygen atoms in total. The summed E-state index contributed by atoms with van der Waals surface area (Å²) in [5, 5.41) is 0. The van der Waals surface area contributed by atoms with Crippen LogP contribution in [0.25, 0.3) is 0 Å². The Kier molecular flexibility index (Phi) is 5.26. The first kappa shape index (κ1) is 11.8. The predicted octanol–water partition coefficient (Wildman–Crippen LogP) is 3.34. The summed E-state index contributed by atoms with van der Waals surface area (Å²) in [7, 11) is 0. The van der Waals surface area contributed by atoms with E-state index in [1.165, 1.54) is 11.1 Å². The molecule has 1 rings (SSSR count). The number of benzene rings is 1. The topological polar surface area (TPSA) is 9.23 Å². The zero-order valence-electron chi connectivity index (χ0n) is 8.36. The lowest BCUT2D eigenvalue weighted by Crippen LogP contribution is -1.97. The van der Waals surface area contributed by atoms with E-state index in [1.54, 1.807) is 0 Å². The van der Waals surface area contributed by atoms with Crippen molar-refractivity contribution in [3.63, 3.8) is 0 Å². The van der Waals surface area contributed by atoms with E-state index in [9.17, 15) is 0 Å². The van der Waals surface area contributed by atoms with Crippen molar-refractivity contribution in [2.75, 3.05) is 6.61 Å². The van der Waals surface area contributed by atoms with Crippen LogP contribution < -0.4 is 4.74 Å². The quantitative estimate of drug-likeness (QED) is 0.735. The van der Waals surface area contributed by atoms with Gasteiger partial charge in [0.05, 0.1) is 6.61 Å². The second kappa shape index (κ2) is 6.25. The van der Waals surface area contributed by atoms with E-state index in [-0.39, 0.29) is 0 Å². The zero-order valence-corrected chi connectivity index (χ0v) is 10.2. The van der Waals surface area contributed by atoms with Crippen molar-refractivity contribution in [3.8, 4) is 5.75 Å². The minimum absolute atomic E-state index is 0.735. The highest BCUT2D eigenvalue weighted by Crippen LogP contribution is 2.20. The smallest absolute Gasteiger partial charge is 0.119 e. The zero-order chi connectivity index (χ0) is 10.4. The molecule has 0 aliphatic rings. The third-order valence-electron chi connectivity index (χ3n) is 1.99. The Bertz CT molecular complexity index is 287. The van der Waals surface area contributed by atoms with Crippen molar-refractivity contribution in [1.82, 2.24) is 0 Å². The molecule has 0 unspecified atom stereocenters. The third-order valence-corrected chi connectivity index (χ3v) is 2.67. The molecule has 0 aliphatic carbocycles. The maximum atomic E-state index is 5.54. The molecule has 0 saturated carbocycles. The van der Waals surface area contributed by atoms with Crippen molar-refractivity contribution < 1.29 is 4.74 Å². The van der Waals surface area contributed by atoms with Crippen LogP contribution in [0, 0.1) is 0 Å². The molecule has 3 heteroatoms. The highest BCUT2D eigenvalue weighted by molar-refractivity contribution is 7.79. The first-order chi connectivity index (χ1) is 6.81. The van der Waals surface area contributed by atoms with Crippen LogP contribution in [0.15, 0.2) is 18.2 Å². The molecule has 0 fully saturated rings. The predicted molar refractivity (Wildman–Crippen MR) is 67.6 cm³/mol. The normalized spacial score (nSPS) is 10.2. The fourth-order valence-corrected chi connectivity index (χ4v) is 1.82. The molecule has 0 atom stereocenters. The van der Waals surface area contributed by atoms with E-state index in [0.29, 0.717) is 0 Å². The lowest BCUT2D eigenvalue weighted by molar-refractivity contribution is 0.317. The molecule has 1 aromatic carbocycles. The lowest BCUT2D eigenvalue weighted by Gasteiger charge is -2.09. The maximum Gasteiger partial charge on any atom is 0.119 e. The first-order valence-corrected chi connectivity index (χ1v) is 6.04. The standard InChI is InChI=1S/C11H16OS2/c1-2-5-12-11-4-3-9(7-13)10(6-11)8-14/h3-4,6,13-14H,2,5,7-8H2,1H3. The Morgan fingerprint density at radius 3 is 2.43 bits per heavy atom. The molecule has 0 N–H and O–H groups in total. The van der Waals surface area contributed by atoms with Crippen LogP contribution in [0.1, 0.15) is 24.5 Å². The highest BCUT2D eigenvalue weighted by atomic mass is 32.1. The molecule has 0 bridgehead atoms. The van der Waals surface area contributed by atoms with Gasteiger partial charge in [0, 0.05) is 11.5 Å². The van der Waals surface area contributed by atoms with Gasteiger partial charge in [0.15, 0.2) is 0 Å². The van der Waals surface area contributed by atoms with E-state index >= 15 is 0 Å². The largest absolute Gasteiger partial charge is 0.494 e. The van der Waals surface area contributed by atoms with E-state index in [4.69, 9.17) is 4.74 Å². The van der Waals surface area contributed by atoms with Crippen molar-refractivity contribution in [1.29, 1.82) is 0 Å². The summed E-state index contributed by atoms with van der Waals surface area (Å²) in [4.78, 5) is 0. The molecule has 1 aromatic rings. The number of ether oxygens (including phenoxy) is 1. The summed E-state index contributed by atoms with van der Waals surface area (Å²) < 4.78 is 5.54. The number of rotatable bonds is 5. The van der Waals surface area contributed by atoms with Crippen LogP contribution in [-0.4, -0.2) is 6.61 Å². The molecule has 0 spiro atoms. The summed E-state index contributed by atoms with van der Waals surface area (Å²) in [6.07, 6.45) is 1.03. The summed E-state index contributed by atoms with van der Waals surface area (Å²) >= 11 is 8.55. The van der Waals surface area contributed by atoms with Crippen LogP contribution in [0.3, 0.4) is 0 Å². The van der Waals surface area contributed by atoms with E-state index in [2.05, 4.69) is 38.2 Å². The van der Waals surface area contributed by atoms with Gasteiger partial charge >= 0.3 is 0 Å². The number of thiol groups is 2. The summed E-state index contributed by atoms with van der Waals surface area (Å²) in [5.41, 5.74) is 2.43. The molecule has 0 heterocycles. The number of hydrogen-bond acceptors (Lipinski definition) is 3. The maximum absolute atomic E-state index is 5.54. The fraction of sp³-hybridized carbons (Fsp3) is 0.455. The van der Waals surface area contributed by atoms with Gasteiger partial charge in [-0.15, -0.1) is 0 Å². The van der Waals surface area contributed by atoms with E-state index < -0.39 is 0 Å². The molecular weight excluding hydrogens is 212 g/mol. The van der Waals surface area contributed by atoms with E-state index in [0.717, 1.165) is 30.3 Å². The minimum atomic E-state index is 0.735. The van der Waals surface area contributed by atoms with Crippen molar-refractivity contribution in [2.45, 2.75) is 24.9 Å². The Morgan fingerprint density at radius 2 is 1.86 bits per heavy atom. The van der Waals surface area contributed by atoms with Crippen LogP contribution in [0.5, 0.6) is 5.75 Å². The Labute approximate surface area is 96.7 Å².